The predicted molar refractivity (Wildman–Crippen MR) is 115 cm³/mol. The van der Waals surface area contributed by atoms with E-state index in [9.17, 15) is 8.42 Å². The molecule has 7 heteroatoms. The van der Waals surface area contributed by atoms with E-state index in [4.69, 9.17) is 9.15 Å². The summed E-state index contributed by atoms with van der Waals surface area (Å²) in [4.78, 5) is 6.65. The van der Waals surface area contributed by atoms with Crippen LogP contribution in [0.4, 0.5) is 5.88 Å². The van der Waals surface area contributed by atoms with Gasteiger partial charge in [-0.3, -0.25) is 0 Å². The molecule has 2 heterocycles. The Hall–Kier alpha value is -2.80. The Labute approximate surface area is 177 Å². The van der Waals surface area contributed by atoms with Crippen LogP contribution < -0.4 is 9.64 Å². The maximum Gasteiger partial charge on any atom is 0.236 e. The fourth-order valence-electron chi connectivity index (χ4n) is 3.65. The first-order valence-electron chi connectivity index (χ1n) is 10.3. The van der Waals surface area contributed by atoms with Gasteiger partial charge in [-0.25, -0.2) is 8.42 Å². The van der Waals surface area contributed by atoms with Crippen molar-refractivity contribution in [3.63, 3.8) is 0 Å². The van der Waals surface area contributed by atoms with Gasteiger partial charge >= 0.3 is 0 Å². The highest BCUT2D eigenvalue weighted by atomic mass is 32.2. The van der Waals surface area contributed by atoms with Gasteiger partial charge in [0.05, 0.1) is 11.5 Å². The Morgan fingerprint density at radius 1 is 1.00 bits per heavy atom. The summed E-state index contributed by atoms with van der Waals surface area (Å²) in [7, 11) is -3.82. The molecular weight excluding hydrogens is 400 g/mol. The molecule has 0 spiro atoms. The summed E-state index contributed by atoms with van der Waals surface area (Å²) in [5.74, 6) is 1.40. The van der Waals surface area contributed by atoms with Crippen molar-refractivity contribution < 1.29 is 17.6 Å². The number of ether oxygens (including phenoxy) is 1. The van der Waals surface area contributed by atoms with Gasteiger partial charge in [-0.1, -0.05) is 30.3 Å². The van der Waals surface area contributed by atoms with E-state index in [0.29, 0.717) is 30.6 Å². The largest absolute Gasteiger partial charge is 0.494 e. The highest BCUT2D eigenvalue weighted by Crippen LogP contribution is 2.33. The maximum absolute atomic E-state index is 13.4. The Kier molecular flexibility index (Phi) is 6.08. The molecule has 1 fully saturated rings. The topological polar surface area (TPSA) is 72.6 Å². The molecule has 0 radical (unpaired) electrons. The van der Waals surface area contributed by atoms with Crippen LogP contribution in [0.3, 0.4) is 0 Å². The zero-order valence-electron chi connectivity index (χ0n) is 17.1. The van der Waals surface area contributed by atoms with Crippen LogP contribution in [0.1, 0.15) is 37.6 Å². The van der Waals surface area contributed by atoms with Gasteiger partial charge in [-0.05, 0) is 56.0 Å². The van der Waals surface area contributed by atoms with Crippen molar-refractivity contribution in [1.82, 2.24) is 4.98 Å². The van der Waals surface area contributed by atoms with Crippen LogP contribution in [0.15, 0.2) is 68.9 Å². The molecule has 0 saturated carbocycles. The highest BCUT2D eigenvalue weighted by molar-refractivity contribution is 7.91. The molecule has 0 atom stereocenters. The standard InChI is InChI=1S/C23H26N2O4S/c1-2-28-19-11-13-20(14-12-19)30(26,27)22-23(25-15-7-4-8-16-25)29-21(24-22)17-18-9-5-3-6-10-18/h3,5-6,9-14H,2,4,7-8,15-17H2,1H3. The van der Waals surface area contributed by atoms with Crippen molar-refractivity contribution >= 4 is 15.7 Å². The molecule has 1 aromatic heterocycles. The normalized spacial score (nSPS) is 14.6. The molecule has 158 valence electrons. The number of oxazole rings is 1. The predicted octanol–water partition coefficient (Wildman–Crippen LogP) is 4.49. The van der Waals surface area contributed by atoms with Crippen molar-refractivity contribution in [3.05, 3.63) is 66.1 Å². The summed E-state index contributed by atoms with van der Waals surface area (Å²) in [5, 5.41) is -0.000471. The Balaban J connectivity index is 1.72. The Morgan fingerprint density at radius 3 is 2.37 bits per heavy atom. The highest BCUT2D eigenvalue weighted by Gasteiger charge is 2.31. The number of nitrogens with zero attached hydrogens (tertiary/aromatic N) is 2. The molecule has 0 aliphatic carbocycles. The smallest absolute Gasteiger partial charge is 0.236 e. The van der Waals surface area contributed by atoms with E-state index in [1.54, 1.807) is 24.3 Å². The molecule has 2 aromatic carbocycles. The number of rotatable bonds is 7. The van der Waals surface area contributed by atoms with Crippen LogP contribution in [-0.4, -0.2) is 33.1 Å². The lowest BCUT2D eigenvalue weighted by Crippen LogP contribution is -2.30. The van der Waals surface area contributed by atoms with Crippen LogP contribution in [0.25, 0.3) is 0 Å². The van der Waals surface area contributed by atoms with E-state index in [1.165, 1.54) is 0 Å². The molecule has 4 rings (SSSR count). The minimum Gasteiger partial charge on any atom is -0.494 e. The molecule has 0 unspecified atom stereocenters. The summed E-state index contributed by atoms with van der Waals surface area (Å²) >= 11 is 0. The zero-order valence-corrected chi connectivity index (χ0v) is 17.9. The third-order valence-electron chi connectivity index (χ3n) is 5.16. The molecule has 6 nitrogen and oxygen atoms in total. The molecule has 3 aromatic rings. The minimum atomic E-state index is -3.82. The summed E-state index contributed by atoms with van der Waals surface area (Å²) in [6, 6.07) is 16.3. The van der Waals surface area contributed by atoms with E-state index in [-0.39, 0.29) is 9.92 Å². The molecule has 0 bridgehead atoms. The molecule has 30 heavy (non-hydrogen) atoms. The summed E-state index contributed by atoms with van der Waals surface area (Å²) in [6.07, 6.45) is 3.61. The monoisotopic (exact) mass is 426 g/mol. The Morgan fingerprint density at radius 2 is 1.70 bits per heavy atom. The number of benzene rings is 2. The van der Waals surface area contributed by atoms with Gasteiger partial charge in [0.2, 0.25) is 26.6 Å². The Bertz CT molecular complexity index is 1070. The fourth-order valence-corrected chi connectivity index (χ4v) is 4.99. The number of hydrogen-bond donors (Lipinski definition) is 0. The number of piperidine rings is 1. The SMILES string of the molecule is CCOc1ccc(S(=O)(=O)c2nc(Cc3ccccc3)oc2N2CCCCC2)cc1. The zero-order chi connectivity index (χ0) is 21.0. The third-order valence-corrected chi connectivity index (χ3v) is 6.83. The summed E-state index contributed by atoms with van der Waals surface area (Å²) < 4.78 is 38.4. The van der Waals surface area contributed by atoms with E-state index >= 15 is 0 Å². The van der Waals surface area contributed by atoms with Crippen LogP contribution >= 0.6 is 0 Å². The van der Waals surface area contributed by atoms with Crippen molar-refractivity contribution in [2.75, 3.05) is 24.6 Å². The number of sulfone groups is 1. The van der Waals surface area contributed by atoms with E-state index < -0.39 is 9.84 Å². The van der Waals surface area contributed by atoms with Gasteiger partial charge in [0, 0.05) is 19.5 Å². The van der Waals surface area contributed by atoms with Crippen molar-refractivity contribution in [3.8, 4) is 5.75 Å². The third kappa shape index (κ3) is 4.36. The second kappa shape index (κ2) is 8.92. The average Bonchev–Trinajstić information content (AvgIpc) is 3.20. The van der Waals surface area contributed by atoms with Gasteiger partial charge in [-0.2, -0.15) is 4.98 Å². The van der Waals surface area contributed by atoms with Gasteiger partial charge in [0.25, 0.3) is 0 Å². The number of hydrogen-bond acceptors (Lipinski definition) is 6. The molecule has 0 amide bonds. The molecular formula is C23H26N2O4S. The lowest BCUT2D eigenvalue weighted by Gasteiger charge is -2.26. The first-order valence-corrected chi connectivity index (χ1v) is 11.8. The van der Waals surface area contributed by atoms with E-state index in [2.05, 4.69) is 4.98 Å². The van der Waals surface area contributed by atoms with Gasteiger partial charge in [0.15, 0.2) is 0 Å². The first kappa shape index (κ1) is 20.5. The van der Waals surface area contributed by atoms with Crippen LogP contribution in [-0.2, 0) is 16.3 Å². The molecule has 1 aliphatic rings. The van der Waals surface area contributed by atoms with Gasteiger partial charge in [0.1, 0.15) is 5.75 Å². The van der Waals surface area contributed by atoms with E-state index in [0.717, 1.165) is 37.9 Å². The van der Waals surface area contributed by atoms with Crippen molar-refractivity contribution in [2.45, 2.75) is 42.5 Å². The van der Waals surface area contributed by atoms with Crippen molar-refractivity contribution in [2.24, 2.45) is 0 Å². The lowest BCUT2D eigenvalue weighted by atomic mass is 10.1. The average molecular weight is 427 g/mol. The summed E-state index contributed by atoms with van der Waals surface area (Å²) in [6.45, 7) is 3.95. The molecule has 1 saturated heterocycles. The lowest BCUT2D eigenvalue weighted by molar-refractivity contribution is 0.340. The quantitative estimate of drug-likeness (QED) is 0.554. The minimum absolute atomic E-state index is 0.000471. The number of aromatic nitrogens is 1. The fraction of sp³-hybridized carbons (Fsp3) is 0.348. The van der Waals surface area contributed by atoms with E-state index in [1.807, 2.05) is 42.2 Å². The van der Waals surface area contributed by atoms with Crippen LogP contribution in [0.5, 0.6) is 5.75 Å². The first-order chi connectivity index (χ1) is 14.6. The van der Waals surface area contributed by atoms with Gasteiger partial charge < -0.3 is 14.1 Å². The second-order valence-electron chi connectivity index (χ2n) is 7.34. The summed E-state index contributed by atoms with van der Waals surface area (Å²) in [5.41, 5.74) is 1.02. The van der Waals surface area contributed by atoms with Crippen molar-refractivity contribution in [1.29, 1.82) is 0 Å². The molecule has 0 N–H and O–H groups in total. The molecule has 1 aliphatic heterocycles. The van der Waals surface area contributed by atoms with Crippen LogP contribution in [0, 0.1) is 0 Å². The second-order valence-corrected chi connectivity index (χ2v) is 9.20. The van der Waals surface area contributed by atoms with Gasteiger partial charge in [-0.15, -0.1) is 0 Å². The van der Waals surface area contributed by atoms with Crippen LogP contribution in [0.2, 0.25) is 0 Å². The number of anilines is 1. The maximum atomic E-state index is 13.4.